The van der Waals surface area contributed by atoms with E-state index in [-0.39, 0.29) is 12.3 Å². The van der Waals surface area contributed by atoms with Crippen molar-refractivity contribution in [2.45, 2.75) is 11.3 Å². The van der Waals surface area contributed by atoms with Crippen LogP contribution in [-0.4, -0.2) is 15.7 Å². The van der Waals surface area contributed by atoms with Gasteiger partial charge in [-0.05, 0) is 41.8 Å². The van der Waals surface area contributed by atoms with Gasteiger partial charge in [0, 0.05) is 23.0 Å². The van der Waals surface area contributed by atoms with E-state index in [0.717, 1.165) is 17.5 Å². The maximum Gasteiger partial charge on any atom is 0.233 e. The first-order chi connectivity index (χ1) is 12.1. The zero-order valence-corrected chi connectivity index (χ0v) is 14.5. The van der Waals surface area contributed by atoms with Crippen LogP contribution in [0.3, 0.4) is 0 Å². The molecule has 0 fully saturated rings. The average molecular weight is 377 g/mol. The van der Waals surface area contributed by atoms with E-state index in [1.54, 1.807) is 30.3 Å². The lowest BCUT2D eigenvalue weighted by molar-refractivity contribution is -0.115. The summed E-state index contributed by atoms with van der Waals surface area (Å²) in [5.74, 6) is -0.774. The van der Waals surface area contributed by atoms with Crippen molar-refractivity contribution in [3.8, 4) is 5.69 Å². The molecule has 3 N–H and O–H groups in total. The molecule has 25 heavy (non-hydrogen) atoms. The minimum Gasteiger partial charge on any atom is -0.326 e. The fourth-order valence-electron chi connectivity index (χ4n) is 2.33. The third kappa shape index (κ3) is 4.19. The summed E-state index contributed by atoms with van der Waals surface area (Å²) >= 11 is 7.06. The Morgan fingerprint density at radius 1 is 1.28 bits per heavy atom. The van der Waals surface area contributed by atoms with Crippen LogP contribution in [0.5, 0.6) is 0 Å². The van der Waals surface area contributed by atoms with Crippen molar-refractivity contribution < 1.29 is 9.18 Å². The van der Waals surface area contributed by atoms with Crippen molar-refractivity contribution in [1.29, 1.82) is 0 Å². The molecule has 0 aliphatic rings. The molecule has 1 amide bonds. The summed E-state index contributed by atoms with van der Waals surface area (Å²) in [5.41, 5.74) is 1.96. The van der Waals surface area contributed by atoms with E-state index in [4.69, 9.17) is 16.7 Å². The predicted molar refractivity (Wildman–Crippen MR) is 97.4 cm³/mol. The molecule has 0 unspecified atom stereocenters. The number of benzene rings is 2. The molecule has 1 aromatic heterocycles. The lowest BCUT2D eigenvalue weighted by Gasteiger charge is -2.11. The molecule has 2 aromatic carbocycles. The van der Waals surface area contributed by atoms with Gasteiger partial charge in [-0.3, -0.25) is 9.93 Å². The van der Waals surface area contributed by atoms with E-state index in [0.29, 0.717) is 21.3 Å². The fraction of sp³-hybridized carbons (Fsp3) is 0.0588. The smallest absolute Gasteiger partial charge is 0.233 e. The van der Waals surface area contributed by atoms with Crippen molar-refractivity contribution in [1.82, 2.24) is 9.78 Å². The van der Waals surface area contributed by atoms with E-state index >= 15 is 0 Å². The molecule has 0 aliphatic carbocycles. The highest BCUT2D eigenvalue weighted by Gasteiger charge is 2.11. The van der Waals surface area contributed by atoms with Crippen molar-refractivity contribution in [3.63, 3.8) is 0 Å². The Labute approximate surface area is 153 Å². The van der Waals surface area contributed by atoms with Crippen molar-refractivity contribution >= 4 is 35.1 Å². The zero-order chi connectivity index (χ0) is 17.8. The van der Waals surface area contributed by atoms with Gasteiger partial charge in [0.2, 0.25) is 11.9 Å². The number of hydrogen-bond acceptors (Lipinski definition) is 4. The topological polar surface area (TPSA) is 72.9 Å². The van der Waals surface area contributed by atoms with Gasteiger partial charge in [-0.25, -0.2) is 4.68 Å². The molecular weight excluding hydrogens is 363 g/mol. The second kappa shape index (κ2) is 7.69. The van der Waals surface area contributed by atoms with Gasteiger partial charge < -0.3 is 5.32 Å². The molecule has 3 rings (SSSR count). The zero-order valence-electron chi connectivity index (χ0n) is 12.9. The molecule has 0 aliphatic heterocycles. The van der Waals surface area contributed by atoms with Gasteiger partial charge in [-0.15, -0.1) is 5.10 Å². The summed E-state index contributed by atoms with van der Waals surface area (Å²) in [7, 11) is 0. The molecule has 0 atom stereocenters. The van der Waals surface area contributed by atoms with Crippen LogP contribution in [0.15, 0.2) is 59.6 Å². The Kier molecular flexibility index (Phi) is 5.37. The molecule has 0 saturated carbocycles. The maximum atomic E-state index is 13.1. The van der Waals surface area contributed by atoms with E-state index in [2.05, 4.69) is 10.4 Å². The summed E-state index contributed by atoms with van der Waals surface area (Å²) in [6.45, 7) is 0. The van der Waals surface area contributed by atoms with E-state index < -0.39 is 5.95 Å². The number of amides is 1. The number of carbonyl (C=O) groups is 1. The van der Waals surface area contributed by atoms with Crippen LogP contribution in [0.1, 0.15) is 5.56 Å². The summed E-state index contributed by atoms with van der Waals surface area (Å²) in [6.07, 6.45) is 1.66. The summed E-state index contributed by atoms with van der Waals surface area (Å²) in [6, 6.07) is 13.6. The number of rotatable bonds is 5. The monoisotopic (exact) mass is 376 g/mol. The van der Waals surface area contributed by atoms with Crippen LogP contribution >= 0.6 is 23.5 Å². The lowest BCUT2D eigenvalue weighted by Crippen LogP contribution is -2.15. The standard InChI is InChI=1S/C17H14ClFN4OS/c18-13-4-2-1-3-11(13)9-17(24)21-12-5-6-14(15(10-12)25-20)23-8-7-16(19)22-23/h1-8,10H,9,20H2,(H,21,24). The maximum absolute atomic E-state index is 13.1. The van der Waals surface area contributed by atoms with Crippen LogP contribution in [0, 0.1) is 5.95 Å². The van der Waals surface area contributed by atoms with Gasteiger partial charge in [-0.1, -0.05) is 29.8 Å². The number of halogens is 2. The number of nitrogens with zero attached hydrogens (tertiary/aromatic N) is 2. The van der Waals surface area contributed by atoms with Crippen molar-refractivity contribution in [3.05, 3.63) is 71.3 Å². The third-order valence-electron chi connectivity index (χ3n) is 3.48. The molecule has 0 radical (unpaired) electrons. The Balaban J connectivity index is 1.77. The molecule has 5 nitrogen and oxygen atoms in total. The first kappa shape index (κ1) is 17.5. The SMILES string of the molecule is NSc1cc(NC(=O)Cc2ccccc2Cl)ccc1-n1ccc(F)n1. The molecule has 1 heterocycles. The first-order valence-electron chi connectivity index (χ1n) is 7.32. The summed E-state index contributed by atoms with van der Waals surface area (Å²) in [5, 5.41) is 12.8. The third-order valence-corrected chi connectivity index (χ3v) is 4.43. The Morgan fingerprint density at radius 3 is 2.76 bits per heavy atom. The first-order valence-corrected chi connectivity index (χ1v) is 8.58. The van der Waals surface area contributed by atoms with E-state index in [9.17, 15) is 9.18 Å². The molecule has 0 saturated heterocycles. The Hall–Kier alpha value is -2.35. The Morgan fingerprint density at radius 2 is 2.08 bits per heavy atom. The Bertz CT molecular complexity index is 915. The van der Waals surface area contributed by atoms with Gasteiger partial charge in [0.15, 0.2) is 0 Å². The molecule has 8 heteroatoms. The van der Waals surface area contributed by atoms with Gasteiger partial charge in [-0.2, -0.15) is 4.39 Å². The highest BCUT2D eigenvalue weighted by atomic mass is 35.5. The van der Waals surface area contributed by atoms with E-state index in [1.807, 2.05) is 12.1 Å². The highest BCUT2D eigenvalue weighted by Crippen LogP contribution is 2.26. The van der Waals surface area contributed by atoms with Gasteiger partial charge in [0.25, 0.3) is 0 Å². The van der Waals surface area contributed by atoms with Gasteiger partial charge >= 0.3 is 0 Å². The number of hydrogen-bond donors (Lipinski definition) is 2. The predicted octanol–water partition coefficient (Wildman–Crippen LogP) is 3.81. The second-order valence-electron chi connectivity index (χ2n) is 5.20. The molecule has 3 aromatic rings. The lowest BCUT2D eigenvalue weighted by atomic mass is 10.1. The highest BCUT2D eigenvalue weighted by molar-refractivity contribution is 7.97. The molecule has 0 spiro atoms. The quantitative estimate of drug-likeness (QED) is 0.664. The molecule has 0 bridgehead atoms. The summed E-state index contributed by atoms with van der Waals surface area (Å²) in [4.78, 5) is 12.9. The number of nitrogens with one attached hydrogen (secondary N) is 1. The number of aromatic nitrogens is 2. The van der Waals surface area contributed by atoms with Gasteiger partial charge in [0.1, 0.15) is 0 Å². The normalized spacial score (nSPS) is 10.7. The van der Waals surface area contributed by atoms with Crippen LogP contribution in [0.4, 0.5) is 10.1 Å². The number of carbonyl (C=O) groups excluding carboxylic acids is 1. The fourth-order valence-corrected chi connectivity index (χ4v) is 3.01. The number of anilines is 1. The van der Waals surface area contributed by atoms with Gasteiger partial charge in [0.05, 0.1) is 17.0 Å². The minimum absolute atomic E-state index is 0.164. The van der Waals surface area contributed by atoms with Crippen LogP contribution < -0.4 is 10.5 Å². The van der Waals surface area contributed by atoms with Crippen LogP contribution in [0.2, 0.25) is 5.02 Å². The van der Waals surface area contributed by atoms with Crippen molar-refractivity contribution in [2.75, 3.05) is 5.32 Å². The van der Waals surface area contributed by atoms with Crippen LogP contribution in [-0.2, 0) is 11.2 Å². The summed E-state index contributed by atoms with van der Waals surface area (Å²) < 4.78 is 14.5. The largest absolute Gasteiger partial charge is 0.326 e. The average Bonchev–Trinajstić information content (AvgIpc) is 3.03. The second-order valence-corrected chi connectivity index (χ2v) is 6.28. The van der Waals surface area contributed by atoms with Crippen LogP contribution in [0.25, 0.3) is 5.69 Å². The molecule has 128 valence electrons. The van der Waals surface area contributed by atoms with Crippen molar-refractivity contribution in [2.24, 2.45) is 5.14 Å². The van der Waals surface area contributed by atoms with E-state index in [1.165, 1.54) is 16.9 Å². The minimum atomic E-state index is -0.579. The molecular formula is C17H14ClFN4OS. The number of nitrogens with two attached hydrogens (primary N) is 1.